The van der Waals surface area contributed by atoms with Crippen molar-refractivity contribution < 1.29 is 0 Å². The van der Waals surface area contributed by atoms with Crippen LogP contribution in [0.5, 0.6) is 0 Å². The van der Waals surface area contributed by atoms with Gasteiger partial charge in [-0.1, -0.05) is 0 Å². The van der Waals surface area contributed by atoms with E-state index in [-0.39, 0.29) is 5.96 Å². The zero-order valence-electron chi connectivity index (χ0n) is 8.99. The third-order valence-electron chi connectivity index (χ3n) is 2.81. The van der Waals surface area contributed by atoms with Gasteiger partial charge in [-0.05, 0) is 46.9 Å². The van der Waals surface area contributed by atoms with E-state index >= 15 is 0 Å². The van der Waals surface area contributed by atoms with Crippen molar-refractivity contribution in [2.24, 2.45) is 5.73 Å². The van der Waals surface area contributed by atoms with Crippen molar-refractivity contribution in [3.63, 3.8) is 0 Å². The van der Waals surface area contributed by atoms with Crippen LogP contribution in [0.15, 0.2) is 24.3 Å². The lowest BCUT2D eigenvalue weighted by Gasteiger charge is -2.36. The molecular weight excluding hydrogens is 315 g/mol. The summed E-state index contributed by atoms with van der Waals surface area (Å²) in [5.74, 6) is 0.183. The maximum Gasteiger partial charge on any atom is 0.188 e. The van der Waals surface area contributed by atoms with Gasteiger partial charge in [0.1, 0.15) is 0 Å². The lowest BCUT2D eigenvalue weighted by Crippen LogP contribution is -2.50. The minimum absolute atomic E-state index is 0.183. The Morgan fingerprint density at radius 2 is 1.69 bits per heavy atom. The molecule has 0 aromatic heterocycles. The molecule has 16 heavy (non-hydrogen) atoms. The summed E-state index contributed by atoms with van der Waals surface area (Å²) in [7, 11) is 0. The number of nitrogens with two attached hydrogens (primary N) is 1. The Balaban J connectivity index is 1.99. The van der Waals surface area contributed by atoms with E-state index in [1.807, 2.05) is 4.90 Å². The number of anilines is 1. The largest absolute Gasteiger partial charge is 0.370 e. The first-order chi connectivity index (χ1) is 7.66. The zero-order chi connectivity index (χ0) is 11.5. The predicted octanol–water partition coefficient (Wildman–Crippen LogP) is 1.31. The van der Waals surface area contributed by atoms with E-state index in [0.717, 1.165) is 26.2 Å². The molecule has 2 rings (SSSR count). The molecule has 0 saturated carbocycles. The highest BCUT2D eigenvalue weighted by atomic mass is 127. The monoisotopic (exact) mass is 330 g/mol. The molecule has 86 valence electrons. The van der Waals surface area contributed by atoms with Crippen LogP contribution in [0.25, 0.3) is 0 Å². The minimum atomic E-state index is 0.183. The van der Waals surface area contributed by atoms with Gasteiger partial charge in [0.05, 0.1) is 0 Å². The van der Waals surface area contributed by atoms with Gasteiger partial charge in [0, 0.05) is 35.4 Å². The molecule has 1 fully saturated rings. The van der Waals surface area contributed by atoms with Gasteiger partial charge in [-0.15, -0.1) is 0 Å². The summed E-state index contributed by atoms with van der Waals surface area (Å²) in [6.45, 7) is 3.53. The standard InChI is InChI=1S/C11H15IN4/c12-9-1-3-10(4-2-9)15-5-7-16(8-6-15)11(13)14/h1-4H,5-8H2,(H3,13,14). The van der Waals surface area contributed by atoms with Gasteiger partial charge < -0.3 is 15.5 Å². The molecule has 0 atom stereocenters. The van der Waals surface area contributed by atoms with Crippen LogP contribution in [0.1, 0.15) is 0 Å². The van der Waals surface area contributed by atoms with E-state index in [0.29, 0.717) is 0 Å². The molecule has 0 aliphatic carbocycles. The van der Waals surface area contributed by atoms with Crippen LogP contribution in [0.4, 0.5) is 5.69 Å². The number of piperazine rings is 1. The Morgan fingerprint density at radius 3 is 2.19 bits per heavy atom. The van der Waals surface area contributed by atoms with Crippen LogP contribution in [0, 0.1) is 8.98 Å². The molecule has 1 aromatic rings. The second-order valence-electron chi connectivity index (χ2n) is 3.84. The molecule has 4 nitrogen and oxygen atoms in total. The molecule has 1 saturated heterocycles. The molecule has 0 spiro atoms. The van der Waals surface area contributed by atoms with Crippen molar-refractivity contribution in [3.05, 3.63) is 27.8 Å². The van der Waals surface area contributed by atoms with E-state index in [2.05, 4.69) is 51.8 Å². The van der Waals surface area contributed by atoms with Crippen molar-refractivity contribution in [1.82, 2.24) is 4.90 Å². The van der Waals surface area contributed by atoms with Crippen molar-refractivity contribution >= 4 is 34.2 Å². The van der Waals surface area contributed by atoms with Crippen LogP contribution >= 0.6 is 22.6 Å². The fourth-order valence-corrected chi connectivity index (χ4v) is 2.22. The molecule has 0 bridgehead atoms. The molecule has 1 aliphatic heterocycles. The van der Waals surface area contributed by atoms with Gasteiger partial charge >= 0.3 is 0 Å². The Morgan fingerprint density at radius 1 is 1.12 bits per heavy atom. The summed E-state index contributed by atoms with van der Waals surface area (Å²) in [6, 6.07) is 8.52. The summed E-state index contributed by atoms with van der Waals surface area (Å²) in [6.07, 6.45) is 0. The zero-order valence-corrected chi connectivity index (χ0v) is 11.1. The third kappa shape index (κ3) is 2.58. The molecule has 1 heterocycles. The Bertz CT molecular complexity index is 368. The van der Waals surface area contributed by atoms with Gasteiger partial charge in [0.2, 0.25) is 0 Å². The Kier molecular flexibility index (Phi) is 3.52. The highest BCUT2D eigenvalue weighted by Crippen LogP contribution is 2.17. The first-order valence-corrected chi connectivity index (χ1v) is 6.34. The van der Waals surface area contributed by atoms with E-state index in [1.165, 1.54) is 9.26 Å². The first-order valence-electron chi connectivity index (χ1n) is 5.26. The van der Waals surface area contributed by atoms with Crippen LogP contribution in [-0.4, -0.2) is 37.0 Å². The summed E-state index contributed by atoms with van der Waals surface area (Å²) in [5, 5.41) is 7.37. The lowest BCUT2D eigenvalue weighted by molar-refractivity contribution is 0.380. The first kappa shape index (κ1) is 11.5. The molecular formula is C11H15IN4. The number of halogens is 1. The summed E-state index contributed by atoms with van der Waals surface area (Å²) in [5.41, 5.74) is 6.71. The molecule has 0 radical (unpaired) electrons. The van der Waals surface area contributed by atoms with Crippen LogP contribution < -0.4 is 10.6 Å². The third-order valence-corrected chi connectivity index (χ3v) is 3.53. The smallest absolute Gasteiger partial charge is 0.188 e. The van der Waals surface area contributed by atoms with E-state index in [1.54, 1.807) is 0 Å². The summed E-state index contributed by atoms with van der Waals surface area (Å²) >= 11 is 2.31. The SMILES string of the molecule is N=C(N)N1CCN(c2ccc(I)cc2)CC1. The number of benzene rings is 1. The minimum Gasteiger partial charge on any atom is -0.370 e. The maximum atomic E-state index is 7.37. The fourth-order valence-electron chi connectivity index (χ4n) is 1.86. The quantitative estimate of drug-likeness (QED) is 0.464. The van der Waals surface area contributed by atoms with E-state index in [4.69, 9.17) is 11.1 Å². The number of rotatable bonds is 1. The summed E-state index contributed by atoms with van der Waals surface area (Å²) < 4.78 is 1.25. The second-order valence-corrected chi connectivity index (χ2v) is 5.08. The molecule has 0 amide bonds. The van der Waals surface area contributed by atoms with Crippen molar-refractivity contribution in [2.75, 3.05) is 31.1 Å². The topological polar surface area (TPSA) is 56.4 Å². The van der Waals surface area contributed by atoms with Crippen LogP contribution in [0.2, 0.25) is 0 Å². The highest BCUT2D eigenvalue weighted by molar-refractivity contribution is 14.1. The normalized spacial score (nSPS) is 16.3. The fraction of sp³-hybridized carbons (Fsp3) is 0.364. The van der Waals surface area contributed by atoms with E-state index in [9.17, 15) is 0 Å². The second kappa shape index (κ2) is 4.90. The van der Waals surface area contributed by atoms with Gasteiger partial charge in [-0.25, -0.2) is 0 Å². The predicted molar refractivity (Wildman–Crippen MR) is 74.9 cm³/mol. The molecule has 5 heteroatoms. The molecule has 0 unspecified atom stereocenters. The van der Waals surface area contributed by atoms with E-state index < -0.39 is 0 Å². The number of nitrogens with one attached hydrogen (secondary N) is 1. The van der Waals surface area contributed by atoms with Crippen molar-refractivity contribution in [1.29, 1.82) is 5.41 Å². The summed E-state index contributed by atoms with van der Waals surface area (Å²) in [4.78, 5) is 4.23. The van der Waals surface area contributed by atoms with Crippen LogP contribution in [0.3, 0.4) is 0 Å². The molecule has 3 N–H and O–H groups in total. The molecule has 1 aromatic carbocycles. The van der Waals surface area contributed by atoms with Gasteiger partial charge in [0.15, 0.2) is 5.96 Å². The number of nitrogens with zero attached hydrogens (tertiary/aromatic N) is 2. The molecule has 1 aliphatic rings. The van der Waals surface area contributed by atoms with Gasteiger partial charge in [-0.3, -0.25) is 5.41 Å². The van der Waals surface area contributed by atoms with Crippen LogP contribution in [-0.2, 0) is 0 Å². The average Bonchev–Trinajstić information content (AvgIpc) is 2.30. The lowest BCUT2D eigenvalue weighted by atomic mass is 10.2. The maximum absolute atomic E-state index is 7.37. The highest BCUT2D eigenvalue weighted by Gasteiger charge is 2.17. The number of guanidine groups is 1. The number of hydrogen-bond donors (Lipinski definition) is 2. The number of hydrogen-bond acceptors (Lipinski definition) is 2. The Hall–Kier alpha value is -0.980. The Labute approximate surface area is 109 Å². The average molecular weight is 330 g/mol. The van der Waals surface area contributed by atoms with Gasteiger partial charge in [-0.2, -0.15) is 0 Å². The van der Waals surface area contributed by atoms with Crippen molar-refractivity contribution in [3.8, 4) is 0 Å². The van der Waals surface area contributed by atoms with Gasteiger partial charge in [0.25, 0.3) is 0 Å². The van der Waals surface area contributed by atoms with Crippen molar-refractivity contribution in [2.45, 2.75) is 0 Å².